The first-order valence-electron chi connectivity index (χ1n) is 10.7. The summed E-state index contributed by atoms with van der Waals surface area (Å²) in [5.74, 6) is -1.15. The molecule has 0 bridgehead atoms. The monoisotopic (exact) mass is 425 g/mol. The Kier molecular flexibility index (Phi) is 5.92. The predicted molar refractivity (Wildman–Crippen MR) is 115 cm³/mol. The second kappa shape index (κ2) is 8.79. The molecule has 3 aliphatic rings. The van der Waals surface area contributed by atoms with Gasteiger partial charge in [0, 0.05) is 18.7 Å². The number of carbonyl (C=O) groups excluding carboxylic acids is 4. The summed E-state index contributed by atoms with van der Waals surface area (Å²) < 4.78 is 0. The van der Waals surface area contributed by atoms with Crippen LogP contribution in [-0.4, -0.2) is 53.3 Å². The largest absolute Gasteiger partial charge is 0.366 e. The molecule has 2 aliphatic heterocycles. The summed E-state index contributed by atoms with van der Waals surface area (Å²) in [4.78, 5) is 50.8. The van der Waals surface area contributed by atoms with Crippen LogP contribution in [0.5, 0.6) is 0 Å². The Bertz CT molecular complexity index is 938. The van der Waals surface area contributed by atoms with Gasteiger partial charge in [0.15, 0.2) is 0 Å². The first kappa shape index (κ1) is 20.9. The third-order valence-electron chi connectivity index (χ3n) is 6.11. The Morgan fingerprint density at radius 1 is 1.10 bits per heavy atom. The minimum Gasteiger partial charge on any atom is -0.366 e. The fourth-order valence-corrected chi connectivity index (χ4v) is 4.57. The fraction of sp³-hybridized carbons (Fsp3) is 0.455. The van der Waals surface area contributed by atoms with Crippen LogP contribution in [0.25, 0.3) is 6.08 Å². The molecule has 5 amide bonds. The smallest absolute Gasteiger partial charge is 0.315 e. The quantitative estimate of drug-likeness (QED) is 0.542. The SMILES string of the molecule is NC(=O)C=Cc1ccc2c(c1)C(=O)N1CC(NC(=O)NC3CCCCC3)CC1C(=O)N2. The average molecular weight is 425 g/mol. The van der Waals surface area contributed by atoms with Gasteiger partial charge in [-0.05, 0) is 43.0 Å². The number of anilines is 1. The van der Waals surface area contributed by atoms with Crippen LogP contribution < -0.4 is 21.7 Å². The number of hydrogen-bond donors (Lipinski definition) is 4. The van der Waals surface area contributed by atoms with Crippen LogP contribution in [0.3, 0.4) is 0 Å². The summed E-state index contributed by atoms with van der Waals surface area (Å²) in [5, 5.41) is 8.74. The molecule has 1 saturated heterocycles. The molecule has 1 aromatic carbocycles. The van der Waals surface area contributed by atoms with Crippen molar-refractivity contribution in [1.29, 1.82) is 0 Å². The zero-order valence-electron chi connectivity index (χ0n) is 17.2. The van der Waals surface area contributed by atoms with Crippen molar-refractivity contribution in [2.75, 3.05) is 11.9 Å². The maximum absolute atomic E-state index is 13.2. The van der Waals surface area contributed by atoms with Gasteiger partial charge in [0.05, 0.1) is 17.3 Å². The minimum absolute atomic E-state index is 0.185. The van der Waals surface area contributed by atoms with E-state index < -0.39 is 11.9 Å². The van der Waals surface area contributed by atoms with Crippen molar-refractivity contribution < 1.29 is 19.2 Å². The standard InChI is InChI=1S/C22H27N5O4/c23-19(28)9-7-13-6-8-17-16(10-13)21(30)27-12-15(11-18(27)20(29)26-17)25-22(31)24-14-4-2-1-3-5-14/h6-10,14-15,18H,1-5,11-12H2,(H2,23,28)(H,26,29)(H2,24,25,31). The van der Waals surface area contributed by atoms with Gasteiger partial charge in [-0.3, -0.25) is 14.4 Å². The number of nitrogens with two attached hydrogens (primary N) is 1. The van der Waals surface area contributed by atoms with Gasteiger partial charge >= 0.3 is 6.03 Å². The topological polar surface area (TPSA) is 134 Å². The Hall–Kier alpha value is -3.36. The van der Waals surface area contributed by atoms with E-state index in [1.54, 1.807) is 18.2 Å². The van der Waals surface area contributed by atoms with Crippen LogP contribution >= 0.6 is 0 Å². The summed E-state index contributed by atoms with van der Waals surface area (Å²) in [6, 6.07) is 3.94. The number of hydrogen-bond acceptors (Lipinski definition) is 4. The minimum atomic E-state index is -0.649. The van der Waals surface area contributed by atoms with Crippen LogP contribution in [0.2, 0.25) is 0 Å². The van der Waals surface area contributed by atoms with Gasteiger partial charge in [-0.1, -0.05) is 25.3 Å². The number of nitrogens with zero attached hydrogens (tertiary/aromatic N) is 1. The highest BCUT2D eigenvalue weighted by Gasteiger charge is 2.43. The number of benzene rings is 1. The lowest BCUT2D eigenvalue weighted by Crippen LogP contribution is -2.47. The van der Waals surface area contributed by atoms with Crippen molar-refractivity contribution in [3.8, 4) is 0 Å². The first-order chi connectivity index (χ1) is 14.9. The number of amides is 5. The van der Waals surface area contributed by atoms with Gasteiger partial charge in [-0.25, -0.2) is 4.79 Å². The van der Waals surface area contributed by atoms with Crippen molar-refractivity contribution in [3.63, 3.8) is 0 Å². The lowest BCUT2D eigenvalue weighted by molar-refractivity contribution is -0.119. The van der Waals surface area contributed by atoms with Crippen molar-refractivity contribution in [1.82, 2.24) is 15.5 Å². The fourth-order valence-electron chi connectivity index (χ4n) is 4.57. The molecule has 5 N–H and O–H groups in total. The van der Waals surface area contributed by atoms with Crippen LogP contribution in [0.1, 0.15) is 54.4 Å². The number of urea groups is 1. The van der Waals surface area contributed by atoms with Gasteiger partial charge in [0.25, 0.3) is 5.91 Å². The van der Waals surface area contributed by atoms with Crippen molar-refractivity contribution in [3.05, 3.63) is 35.4 Å². The Labute approximate surface area is 180 Å². The summed E-state index contributed by atoms with van der Waals surface area (Å²) in [5.41, 5.74) is 6.53. The van der Waals surface area contributed by atoms with E-state index in [9.17, 15) is 19.2 Å². The predicted octanol–water partition coefficient (Wildman–Crippen LogP) is 1.35. The van der Waals surface area contributed by atoms with Crippen LogP contribution in [-0.2, 0) is 9.59 Å². The van der Waals surface area contributed by atoms with Gasteiger partial charge in [-0.2, -0.15) is 0 Å². The zero-order valence-corrected chi connectivity index (χ0v) is 17.2. The summed E-state index contributed by atoms with van der Waals surface area (Å²) in [6.07, 6.45) is 8.50. The molecule has 9 heteroatoms. The zero-order chi connectivity index (χ0) is 22.0. The maximum Gasteiger partial charge on any atom is 0.315 e. The maximum atomic E-state index is 13.2. The normalized spacial score (nSPS) is 23.7. The van der Waals surface area contributed by atoms with E-state index in [-0.39, 0.29) is 36.5 Å². The molecular formula is C22H27N5O4. The summed E-state index contributed by atoms with van der Waals surface area (Å²) in [7, 11) is 0. The van der Waals surface area contributed by atoms with E-state index in [1.807, 2.05) is 0 Å². The second-order valence-electron chi connectivity index (χ2n) is 8.39. The van der Waals surface area contributed by atoms with E-state index in [1.165, 1.54) is 23.5 Å². The molecular weight excluding hydrogens is 398 g/mol. The average Bonchev–Trinajstić information content (AvgIpc) is 3.13. The van der Waals surface area contributed by atoms with Crippen LogP contribution in [0.4, 0.5) is 10.5 Å². The molecule has 9 nitrogen and oxygen atoms in total. The molecule has 31 heavy (non-hydrogen) atoms. The van der Waals surface area contributed by atoms with E-state index in [0.29, 0.717) is 23.2 Å². The van der Waals surface area contributed by atoms with Crippen LogP contribution in [0.15, 0.2) is 24.3 Å². The van der Waals surface area contributed by atoms with Gasteiger partial charge in [-0.15, -0.1) is 0 Å². The number of nitrogens with one attached hydrogen (secondary N) is 3. The Balaban J connectivity index is 1.46. The summed E-state index contributed by atoms with van der Waals surface area (Å²) >= 11 is 0. The molecule has 0 aromatic heterocycles. The van der Waals surface area contributed by atoms with Crippen LogP contribution in [0, 0.1) is 0 Å². The van der Waals surface area contributed by atoms with E-state index >= 15 is 0 Å². The Morgan fingerprint density at radius 3 is 2.58 bits per heavy atom. The number of rotatable bonds is 4. The second-order valence-corrected chi connectivity index (χ2v) is 8.39. The molecule has 1 aliphatic carbocycles. The van der Waals surface area contributed by atoms with E-state index in [4.69, 9.17) is 5.73 Å². The van der Waals surface area contributed by atoms with Gasteiger partial charge in [0.2, 0.25) is 11.8 Å². The molecule has 0 spiro atoms. The molecule has 2 atom stereocenters. The molecule has 2 fully saturated rings. The lowest BCUT2D eigenvalue weighted by Gasteiger charge is -2.24. The molecule has 2 unspecified atom stereocenters. The highest BCUT2D eigenvalue weighted by atomic mass is 16.2. The molecule has 1 aromatic rings. The number of fused-ring (bicyclic) bond motifs is 2. The molecule has 0 radical (unpaired) electrons. The molecule has 1 saturated carbocycles. The van der Waals surface area contributed by atoms with Crippen molar-refractivity contribution in [2.24, 2.45) is 5.73 Å². The number of carbonyl (C=O) groups is 4. The highest BCUT2D eigenvalue weighted by molar-refractivity contribution is 6.10. The van der Waals surface area contributed by atoms with E-state index in [2.05, 4.69) is 16.0 Å². The first-order valence-corrected chi connectivity index (χ1v) is 10.7. The van der Waals surface area contributed by atoms with Crippen molar-refractivity contribution >= 4 is 35.5 Å². The lowest BCUT2D eigenvalue weighted by atomic mass is 9.96. The summed E-state index contributed by atoms with van der Waals surface area (Å²) in [6.45, 7) is 0.260. The molecule has 2 heterocycles. The Morgan fingerprint density at radius 2 is 1.84 bits per heavy atom. The van der Waals surface area contributed by atoms with Crippen molar-refractivity contribution in [2.45, 2.75) is 56.7 Å². The highest BCUT2D eigenvalue weighted by Crippen LogP contribution is 2.30. The molecule has 164 valence electrons. The third-order valence-corrected chi connectivity index (χ3v) is 6.11. The number of primary amides is 1. The third kappa shape index (κ3) is 4.70. The van der Waals surface area contributed by atoms with Gasteiger partial charge in [0.1, 0.15) is 6.04 Å². The molecule has 4 rings (SSSR count). The van der Waals surface area contributed by atoms with E-state index in [0.717, 1.165) is 25.7 Å². The van der Waals surface area contributed by atoms with Gasteiger partial charge < -0.3 is 26.6 Å².